The van der Waals surface area contributed by atoms with Gasteiger partial charge in [-0.25, -0.2) is 0 Å². The summed E-state index contributed by atoms with van der Waals surface area (Å²) in [5.41, 5.74) is -0.396. The molecule has 1 rings (SSSR count). The smallest absolute Gasteiger partial charge is 0.252 e. The molecule has 0 aliphatic heterocycles. The summed E-state index contributed by atoms with van der Waals surface area (Å²) < 4.78 is 0.640. The van der Waals surface area contributed by atoms with Crippen molar-refractivity contribution in [3.8, 4) is 0 Å². The number of aliphatic hydroxyl groups is 1. The van der Waals surface area contributed by atoms with Crippen LogP contribution in [0.1, 0.15) is 37.6 Å². The standard InChI is InChI=1S/C14H19BrClNO2/c1-9(2)7-14(3,19)8-17-13(18)11-5-4-10(16)6-12(11)15/h4-6,9,19H,7-8H2,1-3H3,(H,17,18). The van der Waals surface area contributed by atoms with Crippen molar-refractivity contribution < 1.29 is 9.90 Å². The molecule has 0 spiro atoms. The number of benzene rings is 1. The Balaban J connectivity index is 2.65. The number of hydrogen-bond acceptors (Lipinski definition) is 2. The minimum Gasteiger partial charge on any atom is -0.388 e. The number of rotatable bonds is 5. The molecule has 0 fully saturated rings. The van der Waals surface area contributed by atoms with Crippen molar-refractivity contribution in [2.75, 3.05) is 6.54 Å². The van der Waals surface area contributed by atoms with E-state index in [1.165, 1.54) is 0 Å². The predicted molar refractivity (Wildman–Crippen MR) is 81.6 cm³/mol. The molecule has 0 aliphatic carbocycles. The van der Waals surface area contributed by atoms with Gasteiger partial charge in [0.2, 0.25) is 0 Å². The Kier molecular flexibility index (Phi) is 5.83. The van der Waals surface area contributed by atoms with E-state index in [9.17, 15) is 9.90 Å². The van der Waals surface area contributed by atoms with Crippen LogP contribution in [0.5, 0.6) is 0 Å². The highest BCUT2D eigenvalue weighted by Crippen LogP contribution is 2.22. The normalized spacial score (nSPS) is 14.3. The molecular weight excluding hydrogens is 330 g/mol. The van der Waals surface area contributed by atoms with Crippen LogP contribution >= 0.6 is 27.5 Å². The molecule has 3 nitrogen and oxygen atoms in total. The molecule has 0 aromatic heterocycles. The van der Waals surface area contributed by atoms with Gasteiger partial charge >= 0.3 is 0 Å². The molecule has 2 N–H and O–H groups in total. The molecular formula is C14H19BrClNO2. The van der Waals surface area contributed by atoms with Crippen LogP contribution < -0.4 is 5.32 Å². The highest BCUT2D eigenvalue weighted by molar-refractivity contribution is 9.10. The zero-order valence-corrected chi connectivity index (χ0v) is 13.7. The monoisotopic (exact) mass is 347 g/mol. The Morgan fingerprint density at radius 2 is 2.16 bits per heavy atom. The summed E-state index contributed by atoms with van der Waals surface area (Å²) in [5, 5.41) is 13.5. The second-order valence-electron chi connectivity index (χ2n) is 5.40. The molecule has 0 saturated carbocycles. The highest BCUT2D eigenvalue weighted by Gasteiger charge is 2.23. The van der Waals surface area contributed by atoms with Crippen molar-refractivity contribution >= 4 is 33.4 Å². The van der Waals surface area contributed by atoms with Gasteiger partial charge < -0.3 is 10.4 Å². The van der Waals surface area contributed by atoms with Gasteiger partial charge in [0, 0.05) is 16.0 Å². The summed E-state index contributed by atoms with van der Waals surface area (Å²) in [5.74, 6) is 0.141. The SMILES string of the molecule is CC(C)CC(C)(O)CNC(=O)c1ccc(Cl)cc1Br. The van der Waals surface area contributed by atoms with Gasteiger partial charge in [0.1, 0.15) is 0 Å². The lowest BCUT2D eigenvalue weighted by molar-refractivity contribution is 0.0368. The first kappa shape index (κ1) is 16.5. The van der Waals surface area contributed by atoms with E-state index in [2.05, 4.69) is 21.2 Å². The van der Waals surface area contributed by atoms with E-state index in [1.54, 1.807) is 25.1 Å². The number of halogens is 2. The molecule has 106 valence electrons. The van der Waals surface area contributed by atoms with Crippen molar-refractivity contribution in [1.29, 1.82) is 0 Å². The van der Waals surface area contributed by atoms with Gasteiger partial charge in [-0.05, 0) is 53.4 Å². The zero-order valence-electron chi connectivity index (χ0n) is 11.3. The summed E-state index contributed by atoms with van der Waals surface area (Å²) in [6, 6.07) is 4.98. The van der Waals surface area contributed by atoms with Crippen molar-refractivity contribution in [2.24, 2.45) is 5.92 Å². The van der Waals surface area contributed by atoms with Crippen molar-refractivity contribution in [3.05, 3.63) is 33.3 Å². The molecule has 1 amide bonds. The fraction of sp³-hybridized carbons (Fsp3) is 0.500. The topological polar surface area (TPSA) is 49.3 Å². The van der Waals surface area contributed by atoms with E-state index < -0.39 is 5.60 Å². The third kappa shape index (κ3) is 5.51. The van der Waals surface area contributed by atoms with Gasteiger partial charge in [0.15, 0.2) is 0 Å². The molecule has 1 unspecified atom stereocenters. The lowest BCUT2D eigenvalue weighted by atomic mass is 9.94. The summed E-state index contributed by atoms with van der Waals surface area (Å²) in [6.07, 6.45) is 0.634. The van der Waals surface area contributed by atoms with Crippen LogP contribution in [0.4, 0.5) is 0 Å². The van der Waals surface area contributed by atoms with E-state index >= 15 is 0 Å². The second kappa shape index (κ2) is 6.73. The van der Waals surface area contributed by atoms with Crippen LogP contribution in [0, 0.1) is 5.92 Å². The van der Waals surface area contributed by atoms with Crippen molar-refractivity contribution in [2.45, 2.75) is 32.8 Å². The molecule has 0 radical (unpaired) electrons. The minimum atomic E-state index is -0.900. The molecule has 0 saturated heterocycles. The number of carbonyl (C=O) groups excluding carboxylic acids is 1. The predicted octanol–water partition coefficient (Wildman–Crippen LogP) is 3.63. The molecule has 1 aromatic carbocycles. The third-order valence-electron chi connectivity index (χ3n) is 2.65. The molecule has 1 atom stereocenters. The highest BCUT2D eigenvalue weighted by atomic mass is 79.9. The van der Waals surface area contributed by atoms with Gasteiger partial charge in [-0.2, -0.15) is 0 Å². The van der Waals surface area contributed by atoms with Crippen LogP contribution in [0.25, 0.3) is 0 Å². The Labute approximate surface area is 127 Å². The Bertz CT molecular complexity index is 461. The maximum absolute atomic E-state index is 12.0. The maximum Gasteiger partial charge on any atom is 0.252 e. The van der Waals surface area contributed by atoms with Crippen LogP contribution in [0.2, 0.25) is 5.02 Å². The summed E-state index contributed by atoms with van der Waals surface area (Å²) in [7, 11) is 0. The minimum absolute atomic E-state index is 0.221. The Morgan fingerprint density at radius 3 is 2.68 bits per heavy atom. The fourth-order valence-electron chi connectivity index (χ4n) is 1.99. The van der Waals surface area contributed by atoms with Crippen molar-refractivity contribution in [3.63, 3.8) is 0 Å². The molecule has 0 heterocycles. The molecule has 0 bridgehead atoms. The summed E-state index contributed by atoms with van der Waals surface area (Å²) in [4.78, 5) is 12.0. The number of nitrogens with one attached hydrogen (secondary N) is 1. The van der Waals surface area contributed by atoms with Crippen LogP contribution in [0.3, 0.4) is 0 Å². The van der Waals surface area contributed by atoms with E-state index in [4.69, 9.17) is 11.6 Å². The van der Waals surface area contributed by atoms with E-state index in [0.29, 0.717) is 27.4 Å². The fourth-order valence-corrected chi connectivity index (χ4v) is 2.85. The first-order valence-corrected chi connectivity index (χ1v) is 7.34. The second-order valence-corrected chi connectivity index (χ2v) is 6.69. The average Bonchev–Trinajstić information content (AvgIpc) is 2.24. The Morgan fingerprint density at radius 1 is 1.53 bits per heavy atom. The molecule has 1 aromatic rings. The van der Waals surface area contributed by atoms with Crippen molar-refractivity contribution in [1.82, 2.24) is 5.32 Å². The zero-order chi connectivity index (χ0) is 14.6. The Hall–Kier alpha value is -0.580. The quantitative estimate of drug-likeness (QED) is 0.853. The van der Waals surface area contributed by atoms with Crippen LogP contribution in [-0.2, 0) is 0 Å². The van der Waals surface area contributed by atoms with E-state index in [-0.39, 0.29) is 12.5 Å². The molecule has 0 aliphatic rings. The van der Waals surface area contributed by atoms with E-state index in [0.717, 1.165) is 0 Å². The number of hydrogen-bond donors (Lipinski definition) is 2. The van der Waals surface area contributed by atoms with Gasteiger partial charge in [-0.3, -0.25) is 4.79 Å². The van der Waals surface area contributed by atoms with E-state index in [1.807, 2.05) is 13.8 Å². The lowest BCUT2D eigenvalue weighted by Gasteiger charge is -2.25. The van der Waals surface area contributed by atoms with Gasteiger partial charge in [-0.1, -0.05) is 25.4 Å². The van der Waals surface area contributed by atoms with Crippen LogP contribution in [0.15, 0.2) is 22.7 Å². The summed E-state index contributed by atoms with van der Waals surface area (Å²) in [6.45, 7) is 6.02. The first-order valence-electron chi connectivity index (χ1n) is 6.17. The van der Waals surface area contributed by atoms with Gasteiger partial charge in [0.05, 0.1) is 11.2 Å². The van der Waals surface area contributed by atoms with Gasteiger partial charge in [-0.15, -0.1) is 0 Å². The lowest BCUT2D eigenvalue weighted by Crippen LogP contribution is -2.41. The largest absolute Gasteiger partial charge is 0.388 e. The number of carbonyl (C=O) groups is 1. The number of amides is 1. The average molecular weight is 349 g/mol. The molecule has 19 heavy (non-hydrogen) atoms. The third-order valence-corrected chi connectivity index (χ3v) is 3.54. The maximum atomic E-state index is 12.0. The first-order chi connectivity index (χ1) is 8.71. The van der Waals surface area contributed by atoms with Crippen LogP contribution in [-0.4, -0.2) is 23.2 Å². The van der Waals surface area contributed by atoms with Gasteiger partial charge in [0.25, 0.3) is 5.91 Å². The molecule has 5 heteroatoms. The summed E-state index contributed by atoms with van der Waals surface area (Å²) >= 11 is 9.13.